The molecule has 0 radical (unpaired) electrons. The Morgan fingerprint density at radius 1 is 0.947 bits per heavy atom. The van der Waals surface area contributed by atoms with Crippen LogP contribution in [0, 0.1) is 5.92 Å². The highest BCUT2D eigenvalue weighted by Crippen LogP contribution is 2.19. The van der Waals surface area contributed by atoms with Gasteiger partial charge in [-0.1, -0.05) is 44.2 Å². The molecule has 0 aliphatic heterocycles. The van der Waals surface area contributed by atoms with Crippen LogP contribution in [0.4, 0.5) is 0 Å². The van der Waals surface area contributed by atoms with E-state index < -0.39 is 10.0 Å². The van der Waals surface area contributed by atoms with Gasteiger partial charge in [-0.25, -0.2) is 13.1 Å². The van der Waals surface area contributed by atoms with Crippen LogP contribution in [0.3, 0.4) is 0 Å². The molecule has 2 aromatic rings. The second-order valence-electron chi connectivity index (χ2n) is 5.16. The highest BCUT2D eigenvalue weighted by atomic mass is 32.2. The fraction of sp³-hybridized carbons (Fsp3) is 0.333. The van der Waals surface area contributed by atoms with Crippen molar-refractivity contribution < 1.29 is 8.42 Å². The minimum atomic E-state index is -3.45. The van der Waals surface area contributed by atoms with Gasteiger partial charge in [0.15, 0.2) is 0 Å². The lowest BCUT2D eigenvalue weighted by atomic mass is 10.1. The van der Waals surface area contributed by atoms with Gasteiger partial charge in [0.1, 0.15) is 0 Å². The van der Waals surface area contributed by atoms with Crippen molar-refractivity contribution >= 4 is 20.8 Å². The highest BCUT2D eigenvalue weighted by Gasteiger charge is 2.19. The summed E-state index contributed by atoms with van der Waals surface area (Å²) in [6, 6.07) is 12.8. The van der Waals surface area contributed by atoms with Gasteiger partial charge < -0.3 is 0 Å². The monoisotopic (exact) mass is 277 g/mol. The first-order chi connectivity index (χ1) is 8.90. The lowest BCUT2D eigenvalue weighted by Crippen LogP contribution is -2.36. The Labute approximate surface area is 114 Å². The van der Waals surface area contributed by atoms with E-state index >= 15 is 0 Å². The van der Waals surface area contributed by atoms with Gasteiger partial charge in [0.2, 0.25) is 10.0 Å². The Balaban J connectivity index is 2.38. The summed E-state index contributed by atoms with van der Waals surface area (Å²) < 4.78 is 27.3. The zero-order chi connectivity index (χ0) is 14.0. The molecule has 19 heavy (non-hydrogen) atoms. The van der Waals surface area contributed by atoms with Crippen LogP contribution < -0.4 is 4.72 Å². The van der Waals surface area contributed by atoms with Gasteiger partial charge in [-0.05, 0) is 35.7 Å². The third-order valence-corrected chi connectivity index (χ3v) is 4.93. The average molecular weight is 277 g/mol. The third-order valence-electron chi connectivity index (χ3n) is 3.37. The van der Waals surface area contributed by atoms with Crippen molar-refractivity contribution in [3.8, 4) is 0 Å². The normalized spacial score (nSPS) is 13.9. The Bertz CT molecular complexity index is 677. The predicted octanol–water partition coefficient (Wildman–Crippen LogP) is 3.16. The number of benzene rings is 2. The zero-order valence-electron chi connectivity index (χ0n) is 11.4. The van der Waals surface area contributed by atoms with Crippen molar-refractivity contribution in [2.75, 3.05) is 0 Å². The predicted molar refractivity (Wildman–Crippen MR) is 78.6 cm³/mol. The molecule has 0 aliphatic carbocycles. The molecule has 2 aromatic carbocycles. The summed E-state index contributed by atoms with van der Waals surface area (Å²) in [5, 5.41) is 1.97. The molecule has 3 nitrogen and oxygen atoms in total. The van der Waals surface area contributed by atoms with Crippen LogP contribution >= 0.6 is 0 Å². The summed E-state index contributed by atoms with van der Waals surface area (Å²) in [5.74, 6) is 0.259. The molecule has 0 heterocycles. The standard InChI is InChI=1S/C15H19NO2S/c1-11(2)12(3)16-19(17,18)15-9-8-13-6-4-5-7-14(13)10-15/h4-12,16H,1-3H3/t12-/m1/s1. The Kier molecular flexibility index (Phi) is 3.92. The second-order valence-corrected chi connectivity index (χ2v) is 6.88. The summed E-state index contributed by atoms with van der Waals surface area (Å²) in [7, 11) is -3.45. The van der Waals surface area contributed by atoms with E-state index in [-0.39, 0.29) is 12.0 Å². The maximum Gasteiger partial charge on any atom is 0.240 e. The summed E-state index contributed by atoms with van der Waals surface area (Å²) in [6.07, 6.45) is 0. The van der Waals surface area contributed by atoms with Gasteiger partial charge in [0.05, 0.1) is 4.90 Å². The summed E-state index contributed by atoms with van der Waals surface area (Å²) in [4.78, 5) is 0.318. The molecule has 2 rings (SSSR count). The largest absolute Gasteiger partial charge is 0.240 e. The minimum absolute atomic E-state index is 0.0866. The molecule has 4 heteroatoms. The fourth-order valence-corrected chi connectivity index (χ4v) is 3.21. The maximum atomic E-state index is 12.3. The van der Waals surface area contributed by atoms with E-state index in [4.69, 9.17) is 0 Å². The van der Waals surface area contributed by atoms with Crippen LogP contribution in [0.5, 0.6) is 0 Å². The average Bonchev–Trinajstić information content (AvgIpc) is 2.37. The van der Waals surface area contributed by atoms with Gasteiger partial charge >= 0.3 is 0 Å². The van der Waals surface area contributed by atoms with Crippen molar-refractivity contribution in [3.05, 3.63) is 42.5 Å². The molecular formula is C15H19NO2S. The molecule has 1 N–H and O–H groups in total. The van der Waals surface area contributed by atoms with Crippen molar-refractivity contribution in [3.63, 3.8) is 0 Å². The number of sulfonamides is 1. The van der Waals surface area contributed by atoms with E-state index in [1.807, 2.05) is 51.1 Å². The quantitative estimate of drug-likeness (QED) is 0.933. The number of fused-ring (bicyclic) bond motifs is 1. The summed E-state index contributed by atoms with van der Waals surface area (Å²) >= 11 is 0. The van der Waals surface area contributed by atoms with Gasteiger partial charge in [-0.3, -0.25) is 0 Å². The van der Waals surface area contributed by atoms with Gasteiger partial charge in [-0.15, -0.1) is 0 Å². The van der Waals surface area contributed by atoms with Gasteiger partial charge in [0.25, 0.3) is 0 Å². The number of hydrogen-bond donors (Lipinski definition) is 1. The lowest BCUT2D eigenvalue weighted by molar-refractivity contribution is 0.476. The molecule has 0 spiro atoms. The van der Waals surface area contributed by atoms with E-state index in [0.29, 0.717) is 4.90 Å². The van der Waals surface area contributed by atoms with Crippen molar-refractivity contribution in [2.45, 2.75) is 31.7 Å². The van der Waals surface area contributed by atoms with E-state index in [1.54, 1.807) is 12.1 Å². The molecule has 0 aliphatic rings. The molecule has 0 amide bonds. The molecule has 102 valence electrons. The molecular weight excluding hydrogens is 258 g/mol. The fourth-order valence-electron chi connectivity index (χ4n) is 1.78. The summed E-state index contributed by atoms with van der Waals surface area (Å²) in [5.41, 5.74) is 0. The second kappa shape index (κ2) is 5.31. The molecule has 0 bridgehead atoms. The molecule has 0 fully saturated rings. The third kappa shape index (κ3) is 3.14. The van der Waals surface area contributed by atoms with Crippen LogP contribution in [0.25, 0.3) is 10.8 Å². The minimum Gasteiger partial charge on any atom is -0.208 e. The van der Waals surface area contributed by atoms with Crippen molar-refractivity contribution in [1.82, 2.24) is 4.72 Å². The van der Waals surface area contributed by atoms with Crippen LogP contribution in [-0.2, 0) is 10.0 Å². The zero-order valence-corrected chi connectivity index (χ0v) is 12.2. The Morgan fingerprint density at radius 2 is 1.58 bits per heavy atom. The van der Waals surface area contributed by atoms with E-state index in [0.717, 1.165) is 10.8 Å². The first-order valence-corrected chi connectivity index (χ1v) is 7.89. The van der Waals surface area contributed by atoms with Crippen LogP contribution in [0.1, 0.15) is 20.8 Å². The Morgan fingerprint density at radius 3 is 2.21 bits per heavy atom. The molecule has 0 saturated heterocycles. The highest BCUT2D eigenvalue weighted by molar-refractivity contribution is 7.89. The maximum absolute atomic E-state index is 12.3. The van der Waals surface area contributed by atoms with E-state index in [2.05, 4.69) is 4.72 Å². The van der Waals surface area contributed by atoms with Crippen LogP contribution in [-0.4, -0.2) is 14.5 Å². The van der Waals surface area contributed by atoms with E-state index in [1.165, 1.54) is 0 Å². The molecule has 0 saturated carbocycles. The molecule has 0 unspecified atom stereocenters. The first kappa shape index (κ1) is 14.0. The smallest absolute Gasteiger partial charge is 0.208 e. The first-order valence-electron chi connectivity index (χ1n) is 6.41. The molecule has 1 atom stereocenters. The topological polar surface area (TPSA) is 46.2 Å². The Hall–Kier alpha value is -1.39. The van der Waals surface area contributed by atoms with Crippen molar-refractivity contribution in [1.29, 1.82) is 0 Å². The number of nitrogens with one attached hydrogen (secondary N) is 1. The number of hydrogen-bond acceptors (Lipinski definition) is 2. The van der Waals surface area contributed by atoms with Gasteiger partial charge in [0, 0.05) is 6.04 Å². The number of rotatable bonds is 4. The summed E-state index contributed by atoms with van der Waals surface area (Å²) in [6.45, 7) is 5.87. The van der Waals surface area contributed by atoms with Crippen LogP contribution in [0.2, 0.25) is 0 Å². The van der Waals surface area contributed by atoms with E-state index in [9.17, 15) is 8.42 Å². The lowest BCUT2D eigenvalue weighted by Gasteiger charge is -2.17. The van der Waals surface area contributed by atoms with Gasteiger partial charge in [-0.2, -0.15) is 0 Å². The SMILES string of the molecule is CC(C)[C@@H](C)NS(=O)(=O)c1ccc2ccccc2c1. The van der Waals surface area contributed by atoms with Crippen LogP contribution in [0.15, 0.2) is 47.4 Å². The molecule has 0 aromatic heterocycles. The van der Waals surface area contributed by atoms with Crippen molar-refractivity contribution in [2.24, 2.45) is 5.92 Å².